The maximum Gasteiger partial charge on any atom is 0.224 e. The average molecular weight is 292 g/mol. The number of nitrogens with one attached hydrogen (secondary N) is 2. The number of carbonyl (C=O) groups is 2. The van der Waals surface area contributed by atoms with E-state index < -0.39 is 0 Å². The largest absolute Gasteiger partial charge is 0.396 e. The molecule has 1 aromatic carbocycles. The second-order valence-electron chi connectivity index (χ2n) is 5.15. The Morgan fingerprint density at radius 3 is 2.43 bits per heavy atom. The third-order valence-corrected chi connectivity index (χ3v) is 3.34. The molecule has 3 N–H and O–H groups in total. The highest BCUT2D eigenvalue weighted by atomic mass is 16.3. The summed E-state index contributed by atoms with van der Waals surface area (Å²) in [5.41, 5.74) is 1.62. The number of rotatable bonds is 8. The number of amides is 2. The third-order valence-electron chi connectivity index (χ3n) is 3.34. The second kappa shape index (κ2) is 9.13. The van der Waals surface area contributed by atoms with Gasteiger partial charge in [0.15, 0.2) is 0 Å². The van der Waals surface area contributed by atoms with E-state index >= 15 is 0 Å². The standard InChI is InChI=1S/C16H24N2O3/c1-3-13(8-9-19)11-17-16(21)10-14-4-6-15(7-5-14)18-12(2)20/h4-7,13,19H,3,8-11H2,1-2H3,(H,17,21)(H,18,20). The van der Waals surface area contributed by atoms with Crippen molar-refractivity contribution in [2.45, 2.75) is 33.1 Å². The molecule has 0 aromatic heterocycles. The molecule has 1 unspecified atom stereocenters. The molecule has 1 aromatic rings. The summed E-state index contributed by atoms with van der Waals surface area (Å²) in [5.74, 6) is 0.176. The van der Waals surface area contributed by atoms with E-state index in [0.717, 1.165) is 17.7 Å². The lowest BCUT2D eigenvalue weighted by Crippen LogP contribution is -2.30. The van der Waals surface area contributed by atoms with Crippen molar-refractivity contribution in [2.24, 2.45) is 5.92 Å². The van der Waals surface area contributed by atoms with Crippen molar-refractivity contribution in [2.75, 3.05) is 18.5 Å². The van der Waals surface area contributed by atoms with Gasteiger partial charge >= 0.3 is 0 Å². The summed E-state index contributed by atoms with van der Waals surface area (Å²) < 4.78 is 0. The number of hydrogen-bond acceptors (Lipinski definition) is 3. The van der Waals surface area contributed by atoms with Crippen molar-refractivity contribution in [1.29, 1.82) is 0 Å². The van der Waals surface area contributed by atoms with Crippen LogP contribution in [-0.2, 0) is 16.0 Å². The summed E-state index contributed by atoms with van der Waals surface area (Å²) in [6, 6.07) is 7.22. The molecule has 2 amide bonds. The van der Waals surface area contributed by atoms with Crippen LogP contribution >= 0.6 is 0 Å². The summed E-state index contributed by atoms with van der Waals surface area (Å²) >= 11 is 0. The Morgan fingerprint density at radius 1 is 1.24 bits per heavy atom. The lowest BCUT2D eigenvalue weighted by atomic mass is 10.0. The molecule has 0 saturated heterocycles. The van der Waals surface area contributed by atoms with Crippen molar-refractivity contribution in [1.82, 2.24) is 5.32 Å². The lowest BCUT2D eigenvalue weighted by molar-refractivity contribution is -0.120. The quantitative estimate of drug-likeness (QED) is 0.682. The summed E-state index contributed by atoms with van der Waals surface area (Å²) in [6.07, 6.45) is 1.96. The van der Waals surface area contributed by atoms with Crippen LogP contribution in [-0.4, -0.2) is 30.1 Å². The summed E-state index contributed by atoms with van der Waals surface area (Å²) in [5, 5.41) is 14.5. The van der Waals surface area contributed by atoms with Gasteiger partial charge in [-0.15, -0.1) is 0 Å². The highest BCUT2D eigenvalue weighted by molar-refractivity contribution is 5.88. The van der Waals surface area contributed by atoms with E-state index in [1.165, 1.54) is 6.92 Å². The van der Waals surface area contributed by atoms with Gasteiger partial charge in [0, 0.05) is 25.8 Å². The lowest BCUT2D eigenvalue weighted by Gasteiger charge is -2.14. The van der Waals surface area contributed by atoms with Crippen molar-refractivity contribution in [3.05, 3.63) is 29.8 Å². The Morgan fingerprint density at radius 2 is 1.90 bits per heavy atom. The molecule has 5 heteroatoms. The molecule has 0 spiro atoms. The first-order valence-electron chi connectivity index (χ1n) is 7.29. The van der Waals surface area contributed by atoms with Gasteiger partial charge in [0.25, 0.3) is 0 Å². The summed E-state index contributed by atoms with van der Waals surface area (Å²) in [4.78, 5) is 22.8. The van der Waals surface area contributed by atoms with Crippen LogP contribution in [0.1, 0.15) is 32.3 Å². The molecule has 0 aliphatic rings. The van der Waals surface area contributed by atoms with E-state index in [1.807, 2.05) is 19.1 Å². The third kappa shape index (κ3) is 6.90. The van der Waals surface area contributed by atoms with Gasteiger partial charge in [0.1, 0.15) is 0 Å². The zero-order valence-electron chi connectivity index (χ0n) is 12.7. The van der Waals surface area contributed by atoms with Gasteiger partial charge in [-0.1, -0.05) is 25.5 Å². The normalized spacial score (nSPS) is 11.8. The molecule has 1 atom stereocenters. The predicted octanol–water partition coefficient (Wildman–Crippen LogP) is 1.71. The molecule has 0 saturated carbocycles. The second-order valence-corrected chi connectivity index (χ2v) is 5.15. The van der Waals surface area contributed by atoms with Gasteiger partial charge in [0.2, 0.25) is 11.8 Å². The fourth-order valence-corrected chi connectivity index (χ4v) is 2.05. The summed E-state index contributed by atoms with van der Waals surface area (Å²) in [6.45, 7) is 4.25. The van der Waals surface area contributed by atoms with E-state index in [-0.39, 0.29) is 18.4 Å². The highest BCUT2D eigenvalue weighted by Crippen LogP contribution is 2.10. The van der Waals surface area contributed by atoms with Crippen molar-refractivity contribution < 1.29 is 14.7 Å². The minimum atomic E-state index is -0.116. The average Bonchev–Trinajstić information content (AvgIpc) is 2.45. The number of aliphatic hydroxyl groups is 1. The first kappa shape index (κ1) is 17.2. The molecular formula is C16H24N2O3. The maximum atomic E-state index is 11.9. The van der Waals surface area contributed by atoms with Gasteiger partial charge in [-0.3, -0.25) is 9.59 Å². The Kier molecular flexibility index (Phi) is 7.46. The molecule has 21 heavy (non-hydrogen) atoms. The SMILES string of the molecule is CCC(CCO)CNC(=O)Cc1ccc(NC(C)=O)cc1. The van der Waals surface area contributed by atoms with E-state index in [2.05, 4.69) is 10.6 Å². The number of aliphatic hydroxyl groups excluding tert-OH is 1. The van der Waals surface area contributed by atoms with E-state index in [4.69, 9.17) is 5.11 Å². The molecule has 0 bridgehead atoms. The number of carbonyl (C=O) groups excluding carboxylic acids is 2. The number of benzene rings is 1. The molecule has 5 nitrogen and oxygen atoms in total. The smallest absolute Gasteiger partial charge is 0.224 e. The van der Waals surface area contributed by atoms with Gasteiger partial charge in [-0.05, 0) is 30.0 Å². The van der Waals surface area contributed by atoms with Crippen LogP contribution in [0.4, 0.5) is 5.69 Å². The van der Waals surface area contributed by atoms with Gasteiger partial charge in [-0.25, -0.2) is 0 Å². The molecule has 116 valence electrons. The van der Waals surface area contributed by atoms with Crippen LogP contribution in [0.3, 0.4) is 0 Å². The van der Waals surface area contributed by atoms with Crippen molar-refractivity contribution in [3.8, 4) is 0 Å². The van der Waals surface area contributed by atoms with Crippen LogP contribution in [0, 0.1) is 5.92 Å². The Balaban J connectivity index is 2.42. The minimum Gasteiger partial charge on any atom is -0.396 e. The monoisotopic (exact) mass is 292 g/mol. The Hall–Kier alpha value is -1.88. The topological polar surface area (TPSA) is 78.4 Å². The molecule has 0 radical (unpaired) electrons. The van der Waals surface area contributed by atoms with Crippen LogP contribution in [0.15, 0.2) is 24.3 Å². The number of hydrogen-bond donors (Lipinski definition) is 3. The van der Waals surface area contributed by atoms with E-state index in [0.29, 0.717) is 25.3 Å². The molecule has 0 aliphatic heterocycles. The van der Waals surface area contributed by atoms with Gasteiger partial charge in [-0.2, -0.15) is 0 Å². The van der Waals surface area contributed by atoms with Crippen LogP contribution in [0.25, 0.3) is 0 Å². The predicted molar refractivity (Wildman–Crippen MR) is 82.9 cm³/mol. The first-order valence-corrected chi connectivity index (χ1v) is 7.29. The van der Waals surface area contributed by atoms with Crippen molar-refractivity contribution in [3.63, 3.8) is 0 Å². The first-order chi connectivity index (χ1) is 10.0. The molecule has 0 aliphatic carbocycles. The molecule has 0 heterocycles. The molecular weight excluding hydrogens is 268 g/mol. The van der Waals surface area contributed by atoms with E-state index in [9.17, 15) is 9.59 Å². The molecule has 1 rings (SSSR count). The fourth-order valence-electron chi connectivity index (χ4n) is 2.05. The van der Waals surface area contributed by atoms with Crippen LogP contribution in [0.2, 0.25) is 0 Å². The Bertz CT molecular complexity index is 457. The van der Waals surface area contributed by atoms with E-state index in [1.54, 1.807) is 12.1 Å². The molecule has 0 fully saturated rings. The Labute approximate surface area is 125 Å². The zero-order chi connectivity index (χ0) is 15.7. The number of anilines is 1. The van der Waals surface area contributed by atoms with Crippen LogP contribution in [0.5, 0.6) is 0 Å². The summed E-state index contributed by atoms with van der Waals surface area (Å²) in [7, 11) is 0. The zero-order valence-corrected chi connectivity index (χ0v) is 12.7. The van der Waals surface area contributed by atoms with Crippen LogP contribution < -0.4 is 10.6 Å². The maximum absolute atomic E-state index is 11.9. The van der Waals surface area contributed by atoms with Gasteiger partial charge < -0.3 is 15.7 Å². The highest BCUT2D eigenvalue weighted by Gasteiger charge is 2.08. The minimum absolute atomic E-state index is 0.0290. The van der Waals surface area contributed by atoms with Crippen molar-refractivity contribution >= 4 is 17.5 Å². The van der Waals surface area contributed by atoms with Gasteiger partial charge in [0.05, 0.1) is 6.42 Å². The fraction of sp³-hybridized carbons (Fsp3) is 0.500.